The molecule has 3 aromatic rings. The maximum atomic E-state index is 10.6. The van der Waals surface area contributed by atoms with Gasteiger partial charge in [-0.3, -0.25) is 4.57 Å². The summed E-state index contributed by atoms with van der Waals surface area (Å²) in [5.74, 6) is 0.592. The van der Waals surface area contributed by atoms with Crippen LogP contribution < -0.4 is 10.6 Å². The molecule has 0 aliphatic rings. The van der Waals surface area contributed by atoms with Crippen LogP contribution in [0.1, 0.15) is 43.4 Å². The minimum absolute atomic E-state index is 0.277. The third-order valence-corrected chi connectivity index (χ3v) is 6.47. The van der Waals surface area contributed by atoms with Crippen LogP contribution in [0.4, 0.5) is 5.69 Å². The molecule has 8 heteroatoms. The molecule has 1 heterocycles. The van der Waals surface area contributed by atoms with E-state index < -0.39 is 8.25 Å². The van der Waals surface area contributed by atoms with Crippen molar-refractivity contribution >= 4 is 25.5 Å². The number of halogens is 1. The van der Waals surface area contributed by atoms with Gasteiger partial charge in [-0.15, -0.1) is 0 Å². The Morgan fingerprint density at radius 2 is 1.91 bits per heavy atom. The fourth-order valence-electron chi connectivity index (χ4n) is 3.97. The Balaban J connectivity index is 1.53. The van der Waals surface area contributed by atoms with E-state index in [1.807, 2.05) is 6.07 Å². The standard InChI is InChI=1S/C27H36ClN2O4P/c1-20(2)15-23-8-6-21(17-26(23)28)5-3-12-30-27-9-7-22(16-25(27)24-10-14-33-19-24)18-29-11-4-13-34-35(31)32/h6-10,14,16-17,19-20,29-30,35H,3-5,11-13,15,18H2,1-2H3,(H,31,32). The van der Waals surface area contributed by atoms with Gasteiger partial charge in [-0.2, -0.15) is 0 Å². The third kappa shape index (κ3) is 9.47. The molecule has 0 aliphatic carbocycles. The molecule has 1 aromatic heterocycles. The van der Waals surface area contributed by atoms with E-state index in [0.29, 0.717) is 25.4 Å². The molecule has 1 atom stereocenters. The van der Waals surface area contributed by atoms with Crippen molar-refractivity contribution in [1.29, 1.82) is 0 Å². The molecule has 0 fully saturated rings. The van der Waals surface area contributed by atoms with Gasteiger partial charge in [0.1, 0.15) is 0 Å². The Kier molecular flexibility index (Phi) is 11.4. The summed E-state index contributed by atoms with van der Waals surface area (Å²) in [7, 11) is -2.84. The van der Waals surface area contributed by atoms with Gasteiger partial charge in [0.05, 0.1) is 19.1 Å². The number of hydrogen-bond acceptors (Lipinski definition) is 5. The lowest BCUT2D eigenvalue weighted by Crippen LogP contribution is -2.16. The second-order valence-corrected chi connectivity index (χ2v) is 10.3. The average Bonchev–Trinajstić information content (AvgIpc) is 3.35. The number of furan rings is 1. The van der Waals surface area contributed by atoms with E-state index in [1.165, 1.54) is 11.1 Å². The van der Waals surface area contributed by atoms with Crippen molar-refractivity contribution in [3.8, 4) is 11.1 Å². The number of hydrogen-bond donors (Lipinski definition) is 3. The molecular weight excluding hydrogens is 483 g/mol. The zero-order valence-corrected chi connectivity index (χ0v) is 22.2. The van der Waals surface area contributed by atoms with Gasteiger partial charge in [0.15, 0.2) is 0 Å². The molecule has 0 amide bonds. The molecular formula is C27H36ClN2O4P. The van der Waals surface area contributed by atoms with Gasteiger partial charge in [0.25, 0.3) is 0 Å². The second-order valence-electron chi connectivity index (χ2n) is 9.09. The highest BCUT2D eigenvalue weighted by Gasteiger charge is 2.09. The maximum absolute atomic E-state index is 10.6. The van der Waals surface area contributed by atoms with Gasteiger partial charge >= 0.3 is 8.25 Å². The summed E-state index contributed by atoms with van der Waals surface area (Å²) < 4.78 is 20.6. The molecule has 2 aromatic carbocycles. The molecule has 0 bridgehead atoms. The molecule has 0 radical (unpaired) electrons. The normalized spacial score (nSPS) is 12.3. The van der Waals surface area contributed by atoms with Crippen molar-refractivity contribution in [3.63, 3.8) is 0 Å². The molecule has 3 N–H and O–H groups in total. The number of nitrogens with one attached hydrogen (secondary N) is 2. The van der Waals surface area contributed by atoms with Crippen LogP contribution in [0.15, 0.2) is 59.4 Å². The summed E-state index contributed by atoms with van der Waals surface area (Å²) in [4.78, 5) is 8.70. The Morgan fingerprint density at radius 3 is 2.63 bits per heavy atom. The smallest absolute Gasteiger partial charge is 0.316 e. The zero-order valence-electron chi connectivity index (χ0n) is 20.5. The summed E-state index contributed by atoms with van der Waals surface area (Å²) in [5.41, 5.74) is 6.84. The van der Waals surface area contributed by atoms with Gasteiger partial charge in [0, 0.05) is 34.9 Å². The van der Waals surface area contributed by atoms with Crippen LogP contribution in [0.2, 0.25) is 5.02 Å². The molecule has 0 spiro atoms. The summed E-state index contributed by atoms with van der Waals surface area (Å²) in [5, 5.41) is 7.80. The van der Waals surface area contributed by atoms with Crippen LogP contribution in [0.3, 0.4) is 0 Å². The molecule has 3 rings (SSSR count). The van der Waals surface area contributed by atoms with E-state index >= 15 is 0 Å². The molecule has 0 saturated carbocycles. The quantitative estimate of drug-likeness (QED) is 0.153. The van der Waals surface area contributed by atoms with Crippen molar-refractivity contribution < 1.29 is 18.4 Å². The van der Waals surface area contributed by atoms with Gasteiger partial charge in [-0.05, 0) is 79.1 Å². The van der Waals surface area contributed by atoms with Crippen LogP contribution >= 0.6 is 19.9 Å². The number of aryl methyl sites for hydroxylation is 1. The fourth-order valence-corrected chi connectivity index (χ4v) is 4.57. The number of rotatable bonds is 15. The fraction of sp³-hybridized carbons (Fsp3) is 0.407. The Labute approximate surface area is 214 Å². The van der Waals surface area contributed by atoms with Gasteiger partial charge < -0.3 is 24.5 Å². The van der Waals surface area contributed by atoms with Crippen molar-refractivity contribution in [2.75, 3.05) is 25.0 Å². The Morgan fingerprint density at radius 1 is 1.09 bits per heavy atom. The highest BCUT2D eigenvalue weighted by atomic mass is 35.5. The van der Waals surface area contributed by atoms with Crippen molar-refractivity contribution in [1.82, 2.24) is 5.32 Å². The summed E-state index contributed by atoms with van der Waals surface area (Å²) in [6, 6.07) is 14.8. The van der Waals surface area contributed by atoms with Crippen LogP contribution in [-0.2, 0) is 28.5 Å². The third-order valence-electron chi connectivity index (χ3n) is 5.67. The lowest BCUT2D eigenvalue weighted by molar-refractivity contribution is 0.276. The van der Waals surface area contributed by atoms with Crippen molar-refractivity contribution in [3.05, 3.63) is 76.7 Å². The Hall–Kier alpha value is -2.08. The highest BCUT2D eigenvalue weighted by molar-refractivity contribution is 7.32. The first-order valence-electron chi connectivity index (χ1n) is 12.2. The molecule has 35 heavy (non-hydrogen) atoms. The molecule has 0 saturated heterocycles. The van der Waals surface area contributed by atoms with Gasteiger partial charge in [-0.25, -0.2) is 0 Å². The van der Waals surface area contributed by atoms with Crippen LogP contribution in [0.25, 0.3) is 11.1 Å². The van der Waals surface area contributed by atoms with Gasteiger partial charge in [-0.1, -0.05) is 43.6 Å². The van der Waals surface area contributed by atoms with Crippen LogP contribution in [0.5, 0.6) is 0 Å². The minimum atomic E-state index is -2.84. The summed E-state index contributed by atoms with van der Waals surface area (Å²) >= 11 is 6.49. The molecule has 190 valence electrons. The first-order valence-corrected chi connectivity index (χ1v) is 13.8. The lowest BCUT2D eigenvalue weighted by atomic mass is 10.00. The van der Waals surface area contributed by atoms with E-state index in [2.05, 4.69) is 60.9 Å². The predicted molar refractivity (Wildman–Crippen MR) is 144 cm³/mol. The predicted octanol–water partition coefficient (Wildman–Crippen LogP) is 6.72. The average molecular weight is 519 g/mol. The first kappa shape index (κ1) is 27.5. The summed E-state index contributed by atoms with van der Waals surface area (Å²) in [6.07, 6.45) is 7.08. The zero-order chi connectivity index (χ0) is 25.0. The van der Waals surface area contributed by atoms with Crippen LogP contribution in [-0.4, -0.2) is 24.6 Å². The summed E-state index contributed by atoms with van der Waals surface area (Å²) in [6.45, 7) is 6.95. The number of anilines is 1. The Bertz CT molecular complexity index is 1070. The SMILES string of the molecule is CC(C)Cc1ccc(CCCNc2ccc(CNCCCO[PH](=O)O)cc2-c2ccoc2)cc1Cl. The monoisotopic (exact) mass is 518 g/mol. The van der Waals surface area contributed by atoms with E-state index in [1.54, 1.807) is 12.5 Å². The first-order chi connectivity index (χ1) is 16.9. The molecule has 1 unspecified atom stereocenters. The topological polar surface area (TPSA) is 83.7 Å². The minimum Gasteiger partial charge on any atom is -0.472 e. The number of benzene rings is 2. The maximum Gasteiger partial charge on any atom is 0.316 e. The van der Waals surface area contributed by atoms with Crippen molar-refractivity contribution in [2.45, 2.75) is 46.1 Å². The van der Waals surface area contributed by atoms with Crippen LogP contribution in [0, 0.1) is 5.92 Å². The molecule has 6 nitrogen and oxygen atoms in total. The largest absolute Gasteiger partial charge is 0.472 e. The van der Waals surface area contributed by atoms with Gasteiger partial charge in [0.2, 0.25) is 0 Å². The highest BCUT2D eigenvalue weighted by Crippen LogP contribution is 2.30. The van der Waals surface area contributed by atoms with E-state index in [0.717, 1.165) is 53.2 Å². The second kappa shape index (κ2) is 14.5. The van der Waals surface area contributed by atoms with Crippen molar-refractivity contribution in [2.24, 2.45) is 5.92 Å². The van der Waals surface area contributed by atoms with E-state index in [4.69, 9.17) is 25.4 Å². The molecule has 0 aliphatic heterocycles. The lowest BCUT2D eigenvalue weighted by Gasteiger charge is -2.14. The van der Waals surface area contributed by atoms with E-state index in [9.17, 15) is 4.57 Å². The van der Waals surface area contributed by atoms with E-state index in [-0.39, 0.29) is 6.61 Å².